The van der Waals surface area contributed by atoms with Gasteiger partial charge in [0.2, 0.25) is 0 Å². The minimum Gasteiger partial charge on any atom is -0.462 e. The number of aromatic nitrogens is 1. The molecule has 3 heterocycles. The molecule has 72 valence electrons. The Hall–Kier alpha value is -1.13. The normalized spacial score (nSPS) is 15.4. The molecule has 0 unspecified atom stereocenters. The van der Waals surface area contributed by atoms with Gasteiger partial charge in [-0.15, -0.1) is 11.3 Å². The highest BCUT2D eigenvalue weighted by atomic mass is 32.1. The quantitative estimate of drug-likeness (QED) is 0.776. The SMILES string of the molecule is c1coc(-c2nc3c(s2)CCNC3)c1. The van der Waals surface area contributed by atoms with E-state index < -0.39 is 0 Å². The van der Waals surface area contributed by atoms with E-state index in [1.165, 1.54) is 10.6 Å². The van der Waals surface area contributed by atoms with E-state index in [1.807, 2.05) is 12.1 Å². The highest BCUT2D eigenvalue weighted by Gasteiger charge is 2.16. The third-order valence-electron chi connectivity index (χ3n) is 2.33. The van der Waals surface area contributed by atoms with Gasteiger partial charge in [-0.25, -0.2) is 4.98 Å². The third-order valence-corrected chi connectivity index (χ3v) is 3.50. The summed E-state index contributed by atoms with van der Waals surface area (Å²) in [6.07, 6.45) is 2.78. The maximum absolute atomic E-state index is 5.32. The summed E-state index contributed by atoms with van der Waals surface area (Å²) in [4.78, 5) is 5.95. The maximum Gasteiger partial charge on any atom is 0.162 e. The van der Waals surface area contributed by atoms with Crippen LogP contribution in [0.3, 0.4) is 0 Å². The number of furan rings is 1. The van der Waals surface area contributed by atoms with Crippen LogP contribution in [0.1, 0.15) is 10.6 Å². The third kappa shape index (κ3) is 1.27. The molecule has 0 radical (unpaired) electrons. The molecule has 2 aromatic rings. The standard InChI is InChI=1S/C10H10N2OS/c1-2-8(13-5-1)10-12-7-6-11-4-3-9(7)14-10/h1-2,5,11H,3-4,6H2. The fraction of sp³-hybridized carbons (Fsp3) is 0.300. The van der Waals surface area contributed by atoms with E-state index in [9.17, 15) is 0 Å². The van der Waals surface area contributed by atoms with Gasteiger partial charge in [0.05, 0.1) is 12.0 Å². The Morgan fingerprint density at radius 3 is 3.29 bits per heavy atom. The van der Waals surface area contributed by atoms with E-state index in [4.69, 9.17) is 4.42 Å². The van der Waals surface area contributed by atoms with Crippen LogP contribution in [-0.2, 0) is 13.0 Å². The Morgan fingerprint density at radius 2 is 2.50 bits per heavy atom. The fourth-order valence-corrected chi connectivity index (χ4v) is 2.68. The van der Waals surface area contributed by atoms with Gasteiger partial charge in [0.1, 0.15) is 0 Å². The molecule has 3 nitrogen and oxygen atoms in total. The van der Waals surface area contributed by atoms with Crippen LogP contribution in [-0.4, -0.2) is 11.5 Å². The molecule has 0 spiro atoms. The molecule has 0 aromatic carbocycles. The Bertz CT molecular complexity index is 409. The van der Waals surface area contributed by atoms with E-state index in [-0.39, 0.29) is 0 Å². The Labute approximate surface area is 85.8 Å². The van der Waals surface area contributed by atoms with Gasteiger partial charge in [0.25, 0.3) is 0 Å². The second kappa shape index (κ2) is 3.22. The molecule has 0 amide bonds. The van der Waals surface area contributed by atoms with Gasteiger partial charge in [-0.3, -0.25) is 0 Å². The average Bonchev–Trinajstić information content (AvgIpc) is 2.86. The summed E-state index contributed by atoms with van der Waals surface area (Å²) in [5.74, 6) is 0.879. The van der Waals surface area contributed by atoms with Crippen molar-refractivity contribution in [2.24, 2.45) is 0 Å². The zero-order valence-corrected chi connectivity index (χ0v) is 8.43. The van der Waals surface area contributed by atoms with Crippen molar-refractivity contribution in [3.63, 3.8) is 0 Å². The van der Waals surface area contributed by atoms with Crippen LogP contribution in [0.25, 0.3) is 10.8 Å². The molecule has 4 heteroatoms. The van der Waals surface area contributed by atoms with Gasteiger partial charge in [0.15, 0.2) is 10.8 Å². The average molecular weight is 206 g/mol. The van der Waals surface area contributed by atoms with Crippen molar-refractivity contribution in [2.45, 2.75) is 13.0 Å². The van der Waals surface area contributed by atoms with E-state index in [2.05, 4.69) is 10.3 Å². The molecular formula is C10H10N2OS. The smallest absolute Gasteiger partial charge is 0.162 e. The van der Waals surface area contributed by atoms with Gasteiger partial charge in [-0.1, -0.05) is 0 Å². The molecule has 0 saturated carbocycles. The zero-order chi connectivity index (χ0) is 9.38. The molecule has 0 atom stereocenters. The predicted octanol–water partition coefficient (Wildman–Crippen LogP) is 2.05. The summed E-state index contributed by atoms with van der Waals surface area (Å²) < 4.78 is 5.32. The topological polar surface area (TPSA) is 38.1 Å². The van der Waals surface area contributed by atoms with Crippen LogP contribution in [0, 0.1) is 0 Å². The highest BCUT2D eigenvalue weighted by molar-refractivity contribution is 7.15. The van der Waals surface area contributed by atoms with E-state index >= 15 is 0 Å². The largest absolute Gasteiger partial charge is 0.462 e. The van der Waals surface area contributed by atoms with Crippen molar-refractivity contribution in [1.82, 2.24) is 10.3 Å². The summed E-state index contributed by atoms with van der Waals surface area (Å²) in [7, 11) is 0. The number of rotatable bonds is 1. The molecular weight excluding hydrogens is 196 g/mol. The summed E-state index contributed by atoms with van der Waals surface area (Å²) in [5.41, 5.74) is 1.19. The first-order valence-electron chi connectivity index (χ1n) is 4.66. The second-order valence-electron chi connectivity index (χ2n) is 3.29. The summed E-state index contributed by atoms with van der Waals surface area (Å²) in [5, 5.41) is 4.32. The van der Waals surface area contributed by atoms with E-state index in [1.54, 1.807) is 17.6 Å². The minimum absolute atomic E-state index is 0.879. The molecule has 1 aliphatic rings. The molecule has 0 fully saturated rings. The first-order valence-corrected chi connectivity index (χ1v) is 5.48. The predicted molar refractivity (Wildman–Crippen MR) is 55.2 cm³/mol. The monoisotopic (exact) mass is 206 g/mol. The first-order chi connectivity index (χ1) is 6.93. The number of thiazole rings is 1. The number of nitrogens with one attached hydrogen (secondary N) is 1. The fourth-order valence-electron chi connectivity index (χ4n) is 1.63. The van der Waals surface area contributed by atoms with Crippen LogP contribution in [0.4, 0.5) is 0 Å². The second-order valence-corrected chi connectivity index (χ2v) is 4.38. The Morgan fingerprint density at radius 1 is 1.50 bits per heavy atom. The lowest BCUT2D eigenvalue weighted by atomic mass is 10.2. The van der Waals surface area contributed by atoms with Crippen LogP contribution >= 0.6 is 11.3 Å². The van der Waals surface area contributed by atoms with Crippen molar-refractivity contribution in [2.75, 3.05) is 6.54 Å². The zero-order valence-electron chi connectivity index (χ0n) is 7.62. The molecule has 14 heavy (non-hydrogen) atoms. The van der Waals surface area contributed by atoms with Crippen molar-refractivity contribution < 1.29 is 4.42 Å². The lowest BCUT2D eigenvalue weighted by Crippen LogP contribution is -2.22. The first kappa shape index (κ1) is 8.20. The summed E-state index contributed by atoms with van der Waals surface area (Å²) in [6, 6.07) is 3.85. The van der Waals surface area contributed by atoms with E-state index in [0.29, 0.717) is 0 Å². The molecule has 0 saturated heterocycles. The number of hydrogen-bond acceptors (Lipinski definition) is 4. The summed E-state index contributed by atoms with van der Waals surface area (Å²) in [6.45, 7) is 1.96. The molecule has 0 bridgehead atoms. The van der Waals surface area contributed by atoms with Gasteiger partial charge < -0.3 is 9.73 Å². The molecule has 1 N–H and O–H groups in total. The van der Waals surface area contributed by atoms with Gasteiger partial charge in [-0.2, -0.15) is 0 Å². The highest BCUT2D eigenvalue weighted by Crippen LogP contribution is 2.29. The van der Waals surface area contributed by atoms with Gasteiger partial charge in [-0.05, 0) is 18.6 Å². The number of nitrogens with zero attached hydrogens (tertiary/aromatic N) is 1. The van der Waals surface area contributed by atoms with Crippen molar-refractivity contribution >= 4 is 11.3 Å². The Kier molecular flexibility index (Phi) is 1.89. The van der Waals surface area contributed by atoms with Gasteiger partial charge >= 0.3 is 0 Å². The van der Waals surface area contributed by atoms with Crippen LogP contribution in [0.5, 0.6) is 0 Å². The van der Waals surface area contributed by atoms with Crippen LogP contribution in [0.15, 0.2) is 22.8 Å². The Balaban J connectivity index is 2.04. The summed E-state index contributed by atoms with van der Waals surface area (Å²) >= 11 is 1.75. The van der Waals surface area contributed by atoms with Crippen molar-refractivity contribution in [1.29, 1.82) is 0 Å². The lowest BCUT2D eigenvalue weighted by molar-refractivity contribution is 0.581. The van der Waals surface area contributed by atoms with Crippen molar-refractivity contribution in [3.05, 3.63) is 29.0 Å². The van der Waals surface area contributed by atoms with E-state index in [0.717, 1.165) is 30.3 Å². The molecule has 3 rings (SSSR count). The molecule has 0 aliphatic carbocycles. The van der Waals surface area contributed by atoms with Crippen molar-refractivity contribution in [3.8, 4) is 10.8 Å². The number of fused-ring (bicyclic) bond motifs is 1. The van der Waals surface area contributed by atoms with Gasteiger partial charge in [0, 0.05) is 18.0 Å². The number of hydrogen-bond donors (Lipinski definition) is 1. The lowest BCUT2D eigenvalue weighted by Gasteiger charge is -2.09. The molecule has 2 aromatic heterocycles. The minimum atomic E-state index is 0.879. The maximum atomic E-state index is 5.32. The van der Waals surface area contributed by atoms with Crippen LogP contribution < -0.4 is 5.32 Å². The van der Waals surface area contributed by atoms with Crippen LogP contribution in [0.2, 0.25) is 0 Å². The molecule has 1 aliphatic heterocycles.